The summed E-state index contributed by atoms with van der Waals surface area (Å²) in [5.74, 6) is 0. The van der Waals surface area contributed by atoms with Gasteiger partial charge in [0.2, 0.25) is 0 Å². The number of benzene rings is 2. The van der Waals surface area contributed by atoms with Gasteiger partial charge in [-0.15, -0.1) is 0 Å². The minimum atomic E-state index is -0.773. The van der Waals surface area contributed by atoms with E-state index in [-0.39, 0.29) is 27.7 Å². The molecule has 3 N–H and O–H groups in total. The Morgan fingerprint density at radius 1 is 0.905 bits per heavy atom. The summed E-state index contributed by atoms with van der Waals surface area (Å²) in [5.41, 5.74) is 6.37. The van der Waals surface area contributed by atoms with Gasteiger partial charge in [-0.05, 0) is 24.3 Å². The first-order valence-corrected chi connectivity index (χ1v) is 33.3. The zero-order valence-corrected chi connectivity index (χ0v) is 37.1. The van der Waals surface area contributed by atoms with Gasteiger partial charge >= 0.3 is 126 Å². The number of methoxy groups -OCH3 is 2. The molecule has 0 heterocycles. The Balaban J connectivity index is -0.000000533. The van der Waals surface area contributed by atoms with E-state index in [1.54, 1.807) is 37.2 Å². The van der Waals surface area contributed by atoms with E-state index < -0.39 is 21.4 Å². The van der Waals surface area contributed by atoms with Crippen LogP contribution in [0.1, 0.15) is 0 Å². The fraction of sp³-hybridized carbons (Fsp3) is 0.300. The second-order valence-electron chi connectivity index (χ2n) is 7.06. The van der Waals surface area contributed by atoms with Gasteiger partial charge in [-0.1, -0.05) is 0 Å². The van der Waals surface area contributed by atoms with E-state index in [9.17, 15) is 29.8 Å². The Kier molecular flexibility index (Phi) is 31.0. The molecular weight excluding hydrogens is 1220 g/mol. The third kappa shape index (κ3) is 24.8. The maximum atomic E-state index is 11.1. The summed E-state index contributed by atoms with van der Waals surface area (Å²) in [6, 6.07) is 9.09. The third-order valence-corrected chi connectivity index (χ3v) is 4.15. The summed E-state index contributed by atoms with van der Waals surface area (Å²) in [7, 11) is 10.3. The van der Waals surface area contributed by atoms with Crippen LogP contribution >= 0.6 is 111 Å². The Hall–Kier alpha value is 0.489. The van der Waals surface area contributed by atoms with Crippen LogP contribution in [-0.2, 0) is 23.9 Å². The third-order valence-electron chi connectivity index (χ3n) is 4.00. The second kappa shape index (κ2) is 27.8. The van der Waals surface area contributed by atoms with E-state index in [4.69, 9.17) is 5.73 Å². The fourth-order valence-corrected chi connectivity index (χ4v) is 2.21. The van der Waals surface area contributed by atoms with Crippen LogP contribution in [0.3, 0.4) is 0 Å². The summed E-state index contributed by atoms with van der Waals surface area (Å²) >= 11 is 16.7. The molecule has 0 aliphatic rings. The summed E-state index contributed by atoms with van der Waals surface area (Å²) in [5, 5.41) is 23.5. The van der Waals surface area contributed by atoms with E-state index in [0.717, 1.165) is 11.4 Å². The standard InChI is InChI=1S/C10H13N3O4.C8H11N3O2.C2H3ClO2.5HI.2V/c1-12(2)7-4-5-9(13(15)16)8(6-7)11-10(14)17-3;1-10(2)6-3-4-8(11(12)13)7(9)5-6;1-5-2(3)4;;;;;;;/h4-6H,1-3H3,(H,11,14);3-5H,9H2,1-2H3;1H3;5*1H;;/q;;;;;;;;+2;+3/p-5. The van der Waals surface area contributed by atoms with Crippen LogP contribution in [0.4, 0.5) is 43.7 Å². The van der Waals surface area contributed by atoms with Crippen molar-refractivity contribution >= 4 is 157 Å². The number of nitro benzene ring substituents is 2. The molecule has 0 saturated heterocycles. The summed E-state index contributed by atoms with van der Waals surface area (Å²) < 4.78 is 8.28. The number of ether oxygens (including phenoxy) is 2. The molecule has 22 heteroatoms. The molecule has 0 atom stereocenters. The first-order valence-electron chi connectivity index (χ1n) is 10.3. The summed E-state index contributed by atoms with van der Waals surface area (Å²) in [4.78, 5) is 43.9. The van der Waals surface area contributed by atoms with Crippen LogP contribution in [0.2, 0.25) is 0 Å². The number of anilines is 4. The van der Waals surface area contributed by atoms with Crippen LogP contribution in [0, 0.1) is 20.2 Å². The second-order valence-corrected chi connectivity index (χ2v) is 54.5. The van der Waals surface area contributed by atoms with Gasteiger partial charge < -0.3 is 25.0 Å². The van der Waals surface area contributed by atoms with Crippen molar-refractivity contribution in [3.8, 4) is 0 Å². The molecule has 0 radical (unpaired) electrons. The molecular formula is C20H27ClI5N6O8V2. The Morgan fingerprint density at radius 2 is 1.26 bits per heavy atom. The van der Waals surface area contributed by atoms with Crippen molar-refractivity contribution in [2.24, 2.45) is 0 Å². The predicted octanol–water partition coefficient (Wildman–Crippen LogP) is 8.50. The molecule has 0 aliphatic carbocycles. The van der Waals surface area contributed by atoms with Gasteiger partial charge in [-0.25, -0.2) is 9.59 Å². The molecule has 42 heavy (non-hydrogen) atoms. The van der Waals surface area contributed by atoms with Crippen molar-refractivity contribution in [3.63, 3.8) is 0 Å². The zero-order chi connectivity index (χ0) is 33.6. The van der Waals surface area contributed by atoms with Gasteiger partial charge in [-0.2, -0.15) is 0 Å². The number of carbonyl (C=O) groups is 2. The quantitative estimate of drug-likeness (QED) is 0.0963. The Morgan fingerprint density at radius 3 is 1.55 bits per heavy atom. The number of halogens is 6. The summed E-state index contributed by atoms with van der Waals surface area (Å²) in [6.45, 7) is 0. The first kappa shape index (κ1) is 46.9. The number of nitrogens with zero attached hydrogens (tertiary/aromatic N) is 4. The summed E-state index contributed by atoms with van der Waals surface area (Å²) in [6.07, 6.45) is -0.746. The molecule has 2 rings (SSSR count). The number of carbonyl (C=O) groups excluding carboxylic acids is 2. The van der Waals surface area contributed by atoms with Crippen molar-refractivity contribution in [3.05, 3.63) is 56.6 Å². The van der Waals surface area contributed by atoms with Gasteiger partial charge in [-0.3, -0.25) is 25.5 Å². The van der Waals surface area contributed by atoms with Crippen molar-refractivity contribution in [1.29, 1.82) is 0 Å². The van der Waals surface area contributed by atoms with Crippen LogP contribution in [0.25, 0.3) is 0 Å². The minimum absolute atomic E-state index is 0.0504. The van der Waals surface area contributed by atoms with Crippen LogP contribution in [-0.4, -0.2) is 63.8 Å². The SMILES string of the molecule is CN(C)c1ccc([N+](=O)[O-])c(N)c1.COC(=O)Cl.COC(=O)Nc1cc(N(C)C)ccc1[N+](=O)[O-].[I][V]([I])[I].[I][V][I]. The molecule has 0 unspecified atom stereocenters. The number of nitro groups is 2. The van der Waals surface area contributed by atoms with Crippen molar-refractivity contribution in [2.45, 2.75) is 0 Å². The van der Waals surface area contributed by atoms with Gasteiger partial charge in [0.15, 0.2) is 0 Å². The molecule has 0 bridgehead atoms. The first-order chi connectivity index (χ1) is 19.4. The van der Waals surface area contributed by atoms with E-state index in [1.807, 2.05) is 19.0 Å². The van der Waals surface area contributed by atoms with Gasteiger partial charge in [0.05, 0.1) is 24.1 Å². The van der Waals surface area contributed by atoms with E-state index in [0.29, 0.717) is 9.47 Å². The van der Waals surface area contributed by atoms with E-state index in [1.165, 1.54) is 32.4 Å². The number of rotatable bonds is 5. The van der Waals surface area contributed by atoms with E-state index >= 15 is 0 Å². The van der Waals surface area contributed by atoms with Crippen molar-refractivity contribution in [1.82, 2.24) is 0 Å². The number of nitrogens with two attached hydrogens (primary N) is 1. The molecule has 2 aromatic rings. The van der Waals surface area contributed by atoms with Crippen molar-refractivity contribution < 1.29 is 43.3 Å². The average Bonchev–Trinajstić information content (AvgIpc) is 2.88. The van der Waals surface area contributed by atoms with Gasteiger partial charge in [0, 0.05) is 63.3 Å². The number of nitrogens with one attached hydrogen (secondary N) is 1. The fourth-order valence-electron chi connectivity index (χ4n) is 2.21. The van der Waals surface area contributed by atoms with Gasteiger partial charge in [0.1, 0.15) is 11.4 Å². The molecule has 0 aliphatic heterocycles. The van der Waals surface area contributed by atoms with E-state index in [2.05, 4.69) is 126 Å². The monoisotopic (exact) mass is 1250 g/mol. The Bertz CT molecular complexity index is 1140. The molecule has 14 nitrogen and oxygen atoms in total. The molecule has 0 saturated carbocycles. The average molecular weight is 1250 g/mol. The molecule has 0 aromatic heterocycles. The number of hydrogen-bond donors (Lipinski definition) is 2. The maximum absolute atomic E-state index is 11.1. The molecule has 0 spiro atoms. The molecule has 2 aromatic carbocycles. The van der Waals surface area contributed by atoms with Gasteiger partial charge in [0.25, 0.3) is 11.4 Å². The molecule has 237 valence electrons. The predicted molar refractivity (Wildman–Crippen MR) is 204 cm³/mol. The van der Waals surface area contributed by atoms with Crippen LogP contribution in [0.15, 0.2) is 36.4 Å². The normalized spacial score (nSPS) is 8.88. The molecule has 0 fully saturated rings. The van der Waals surface area contributed by atoms with Crippen LogP contribution in [0.5, 0.6) is 0 Å². The number of nitrogen functional groups attached to an aromatic ring is 1. The number of hydrogen-bond acceptors (Lipinski definition) is 11. The topological polar surface area (TPSA) is 183 Å². The number of amides is 1. The zero-order valence-electron chi connectivity index (χ0n) is 22.8. The molecule has 1 amide bonds. The Labute approximate surface area is 315 Å². The van der Waals surface area contributed by atoms with Crippen molar-refractivity contribution in [2.75, 3.05) is 63.3 Å². The van der Waals surface area contributed by atoms with Crippen LogP contribution < -0.4 is 20.9 Å².